The molecule has 0 radical (unpaired) electrons. The minimum atomic E-state index is -0.524. The van der Waals surface area contributed by atoms with Crippen LogP contribution >= 0.6 is 23.1 Å². The Morgan fingerprint density at radius 1 is 1.35 bits per heavy atom. The molecule has 0 spiro atoms. The summed E-state index contributed by atoms with van der Waals surface area (Å²) >= 11 is 3.09. The van der Waals surface area contributed by atoms with Gasteiger partial charge in [-0.2, -0.15) is 0 Å². The zero-order chi connectivity index (χ0) is 17.2. The van der Waals surface area contributed by atoms with Gasteiger partial charge in [0.2, 0.25) is 0 Å². The van der Waals surface area contributed by atoms with Crippen LogP contribution < -0.4 is 4.90 Å². The second kappa shape index (κ2) is 6.88. The number of hydrogen-bond acceptors (Lipinski definition) is 6. The largest absolute Gasteiger partial charge is 0.443 e. The summed E-state index contributed by atoms with van der Waals surface area (Å²) in [7, 11) is 1.70. The first-order valence-corrected chi connectivity index (χ1v) is 9.19. The Labute approximate surface area is 145 Å². The van der Waals surface area contributed by atoms with Gasteiger partial charge in [0.05, 0.1) is 5.69 Å². The molecule has 2 aromatic rings. The lowest BCUT2D eigenvalue weighted by atomic mass is 10.2. The quantitative estimate of drug-likeness (QED) is 0.756. The van der Waals surface area contributed by atoms with Gasteiger partial charge in [0.1, 0.15) is 15.6 Å². The minimum Gasteiger partial charge on any atom is -0.443 e. The van der Waals surface area contributed by atoms with Gasteiger partial charge in [-0.15, -0.1) is 11.8 Å². The maximum Gasteiger partial charge on any atom is 0.415 e. The van der Waals surface area contributed by atoms with E-state index in [9.17, 15) is 4.79 Å². The van der Waals surface area contributed by atoms with Crippen LogP contribution in [0.25, 0.3) is 10.6 Å². The smallest absolute Gasteiger partial charge is 0.415 e. The molecule has 2 aromatic heterocycles. The fourth-order valence-electron chi connectivity index (χ4n) is 1.88. The van der Waals surface area contributed by atoms with Crippen molar-refractivity contribution in [2.24, 2.45) is 0 Å². The number of anilines is 1. The molecule has 0 fully saturated rings. The van der Waals surface area contributed by atoms with Gasteiger partial charge in [0.15, 0.2) is 0 Å². The second-order valence-corrected chi connectivity index (χ2v) is 7.92. The number of rotatable bonds is 3. The maximum atomic E-state index is 12.2. The molecule has 0 atom stereocenters. The zero-order valence-electron chi connectivity index (χ0n) is 14.2. The predicted octanol–water partition coefficient (Wildman–Crippen LogP) is 4.61. The van der Waals surface area contributed by atoms with E-state index in [1.165, 1.54) is 16.2 Å². The summed E-state index contributed by atoms with van der Waals surface area (Å²) in [6.07, 6.45) is 5.24. The van der Waals surface area contributed by atoms with Gasteiger partial charge >= 0.3 is 6.09 Å². The summed E-state index contributed by atoms with van der Waals surface area (Å²) in [5.74, 6) is 0. The highest BCUT2D eigenvalue weighted by atomic mass is 32.2. The van der Waals surface area contributed by atoms with Crippen LogP contribution in [0.2, 0.25) is 0 Å². The minimum absolute atomic E-state index is 0.383. The van der Waals surface area contributed by atoms with Crippen molar-refractivity contribution in [3.63, 3.8) is 0 Å². The lowest BCUT2D eigenvalue weighted by Crippen LogP contribution is -2.34. The van der Waals surface area contributed by atoms with E-state index in [0.29, 0.717) is 0 Å². The molecule has 0 aliphatic rings. The predicted molar refractivity (Wildman–Crippen MR) is 96.5 cm³/mol. The maximum absolute atomic E-state index is 12.2. The highest BCUT2D eigenvalue weighted by molar-refractivity contribution is 7.98. The molecule has 23 heavy (non-hydrogen) atoms. The molecule has 0 aliphatic carbocycles. The number of pyridine rings is 1. The van der Waals surface area contributed by atoms with Crippen molar-refractivity contribution < 1.29 is 9.53 Å². The van der Waals surface area contributed by atoms with Crippen LogP contribution in [0.5, 0.6) is 0 Å². The number of aryl methyl sites for hydroxylation is 1. The van der Waals surface area contributed by atoms with Crippen molar-refractivity contribution >= 4 is 34.2 Å². The number of nitrogens with zero attached hydrogens (tertiary/aromatic N) is 3. The van der Waals surface area contributed by atoms with E-state index in [1.54, 1.807) is 25.0 Å². The Kier molecular flexibility index (Phi) is 5.31. The van der Waals surface area contributed by atoms with E-state index in [-0.39, 0.29) is 6.09 Å². The van der Waals surface area contributed by atoms with E-state index < -0.39 is 5.60 Å². The molecular weight excluding hydrogens is 330 g/mol. The molecule has 0 N–H and O–H groups in total. The molecule has 0 unspecified atom stereocenters. The fourth-order valence-corrected chi connectivity index (χ4v) is 3.29. The lowest BCUT2D eigenvalue weighted by Gasteiger charge is -2.23. The first-order valence-electron chi connectivity index (χ1n) is 7.15. The monoisotopic (exact) mass is 351 g/mol. The molecule has 0 bridgehead atoms. The molecule has 124 valence electrons. The van der Waals surface area contributed by atoms with Crippen molar-refractivity contribution in [2.75, 3.05) is 18.2 Å². The average Bonchev–Trinajstić information content (AvgIpc) is 2.86. The molecule has 2 heterocycles. The number of thiazole rings is 1. The number of carbonyl (C=O) groups is 1. The summed E-state index contributed by atoms with van der Waals surface area (Å²) in [5.41, 5.74) is 1.23. The molecular formula is C16H21N3O2S2. The SMILES string of the molecule is CSc1cncc(-c2nc(C)c(N(C)C(=O)OC(C)(C)C)s2)c1. The van der Waals surface area contributed by atoms with Gasteiger partial charge in [-0.05, 0) is 40.0 Å². The Bertz CT molecular complexity index is 708. The number of ether oxygens (including phenoxy) is 1. The molecule has 0 saturated heterocycles. The molecule has 0 saturated carbocycles. The number of carbonyl (C=O) groups excluding carboxylic acids is 1. The first-order chi connectivity index (χ1) is 10.7. The topological polar surface area (TPSA) is 55.3 Å². The van der Waals surface area contributed by atoms with Crippen LogP contribution in [0.15, 0.2) is 23.4 Å². The summed E-state index contributed by atoms with van der Waals surface area (Å²) in [5, 5.41) is 1.63. The third-order valence-corrected chi connectivity index (χ3v) is 4.92. The van der Waals surface area contributed by atoms with Gasteiger partial charge in [-0.25, -0.2) is 9.78 Å². The number of aromatic nitrogens is 2. The van der Waals surface area contributed by atoms with Crippen molar-refractivity contribution in [2.45, 2.75) is 38.2 Å². The summed E-state index contributed by atoms with van der Waals surface area (Å²) in [4.78, 5) is 23.6. The van der Waals surface area contributed by atoms with Gasteiger partial charge in [-0.3, -0.25) is 9.88 Å². The van der Waals surface area contributed by atoms with Gasteiger partial charge in [0, 0.05) is 29.9 Å². The number of hydrogen-bond donors (Lipinski definition) is 0. The fraction of sp³-hybridized carbons (Fsp3) is 0.438. The molecule has 7 heteroatoms. The Morgan fingerprint density at radius 3 is 2.65 bits per heavy atom. The van der Waals surface area contributed by atoms with E-state index in [1.807, 2.05) is 46.2 Å². The zero-order valence-corrected chi connectivity index (χ0v) is 15.8. The van der Waals surface area contributed by atoms with Gasteiger partial charge < -0.3 is 4.74 Å². The first kappa shape index (κ1) is 17.7. The van der Waals surface area contributed by atoms with Crippen LogP contribution in [0.4, 0.5) is 9.80 Å². The van der Waals surface area contributed by atoms with Gasteiger partial charge in [0.25, 0.3) is 0 Å². The van der Waals surface area contributed by atoms with Crippen molar-refractivity contribution in [1.29, 1.82) is 0 Å². The van der Waals surface area contributed by atoms with E-state index in [2.05, 4.69) is 9.97 Å². The van der Waals surface area contributed by atoms with Crippen LogP contribution in [0.1, 0.15) is 26.5 Å². The van der Waals surface area contributed by atoms with Crippen molar-refractivity contribution in [3.8, 4) is 10.6 Å². The highest BCUT2D eigenvalue weighted by Gasteiger charge is 2.24. The standard InChI is InChI=1S/C16H21N3O2S2/c1-10-14(19(5)15(20)21-16(2,3)4)23-13(18-10)11-7-12(22-6)9-17-8-11/h7-9H,1-6H3. The highest BCUT2D eigenvalue weighted by Crippen LogP contribution is 2.35. The van der Waals surface area contributed by atoms with Crippen LogP contribution in [-0.2, 0) is 4.74 Å². The van der Waals surface area contributed by atoms with Crippen LogP contribution in [0, 0.1) is 6.92 Å². The second-order valence-electron chi connectivity index (χ2n) is 6.06. The Hall–Kier alpha value is -1.60. The summed E-state index contributed by atoms with van der Waals surface area (Å²) in [6.45, 7) is 7.44. The third kappa shape index (κ3) is 4.45. The molecule has 0 aromatic carbocycles. The van der Waals surface area contributed by atoms with Crippen LogP contribution in [0.3, 0.4) is 0 Å². The molecule has 1 amide bonds. The van der Waals surface area contributed by atoms with E-state index >= 15 is 0 Å². The number of amides is 1. The van der Waals surface area contributed by atoms with Crippen molar-refractivity contribution in [1.82, 2.24) is 9.97 Å². The van der Waals surface area contributed by atoms with E-state index in [4.69, 9.17) is 4.74 Å². The third-order valence-electron chi connectivity index (χ3n) is 2.94. The summed E-state index contributed by atoms with van der Waals surface area (Å²) in [6, 6.07) is 2.05. The lowest BCUT2D eigenvalue weighted by molar-refractivity contribution is 0.0590. The van der Waals surface area contributed by atoms with Gasteiger partial charge in [-0.1, -0.05) is 11.3 Å². The summed E-state index contributed by atoms with van der Waals surface area (Å²) < 4.78 is 5.41. The molecule has 0 aliphatic heterocycles. The van der Waals surface area contributed by atoms with E-state index in [0.717, 1.165) is 26.2 Å². The van der Waals surface area contributed by atoms with Crippen LogP contribution in [-0.4, -0.2) is 35.0 Å². The Morgan fingerprint density at radius 2 is 2.04 bits per heavy atom. The molecule has 2 rings (SSSR count). The Balaban J connectivity index is 2.28. The average molecular weight is 351 g/mol. The normalized spacial score (nSPS) is 11.4. The molecule has 5 nitrogen and oxygen atoms in total. The van der Waals surface area contributed by atoms with Crippen molar-refractivity contribution in [3.05, 3.63) is 24.2 Å². The number of thioether (sulfide) groups is 1.